The predicted molar refractivity (Wildman–Crippen MR) is 76.0 cm³/mol. The highest BCUT2D eigenvalue weighted by molar-refractivity contribution is 7.13. The summed E-state index contributed by atoms with van der Waals surface area (Å²) in [4.78, 5) is 20.6. The van der Waals surface area contributed by atoms with Crippen molar-refractivity contribution in [2.24, 2.45) is 0 Å². The first-order valence-electron chi connectivity index (χ1n) is 6.79. The Morgan fingerprint density at radius 3 is 2.95 bits per heavy atom. The quantitative estimate of drug-likeness (QED) is 0.853. The number of hydrogen-bond donors (Lipinski definition) is 0. The van der Waals surface area contributed by atoms with E-state index in [1.807, 2.05) is 24.0 Å². The number of rotatable bonds is 2. The lowest BCUT2D eigenvalue weighted by Crippen LogP contribution is -2.39. The Hall–Kier alpha value is -1.69. The lowest BCUT2D eigenvalue weighted by atomic mass is 9.97. The van der Waals surface area contributed by atoms with Gasteiger partial charge >= 0.3 is 0 Å². The number of carbonyl (C=O) groups excluding carboxylic acids is 1. The molecule has 0 aliphatic carbocycles. The van der Waals surface area contributed by atoms with Gasteiger partial charge in [0.25, 0.3) is 5.91 Å². The summed E-state index contributed by atoms with van der Waals surface area (Å²) in [6.07, 6.45) is 1.99. The van der Waals surface area contributed by atoms with E-state index in [2.05, 4.69) is 10.1 Å². The van der Waals surface area contributed by atoms with Gasteiger partial charge in [-0.25, -0.2) is 0 Å². The summed E-state index contributed by atoms with van der Waals surface area (Å²) in [5, 5.41) is 3.99. The summed E-state index contributed by atoms with van der Waals surface area (Å²) in [6.45, 7) is 5.29. The summed E-state index contributed by atoms with van der Waals surface area (Å²) in [5.41, 5.74) is 0. The summed E-state index contributed by atoms with van der Waals surface area (Å²) < 4.78 is 5.04. The third-order valence-electron chi connectivity index (χ3n) is 3.57. The summed E-state index contributed by atoms with van der Waals surface area (Å²) in [5.74, 6) is 1.61. The van der Waals surface area contributed by atoms with E-state index < -0.39 is 0 Å². The molecule has 0 N–H and O–H groups in total. The van der Waals surface area contributed by atoms with Gasteiger partial charge in [-0.3, -0.25) is 4.79 Å². The first-order chi connectivity index (χ1) is 9.63. The molecule has 1 amide bonds. The van der Waals surface area contributed by atoms with Gasteiger partial charge in [-0.2, -0.15) is 4.98 Å². The van der Waals surface area contributed by atoms with Crippen molar-refractivity contribution in [3.8, 4) is 0 Å². The Kier molecular flexibility index (Phi) is 3.56. The van der Waals surface area contributed by atoms with Gasteiger partial charge in [0.15, 0.2) is 5.82 Å². The Morgan fingerprint density at radius 2 is 2.30 bits per heavy atom. The third kappa shape index (κ3) is 2.60. The van der Waals surface area contributed by atoms with Crippen LogP contribution in [-0.4, -0.2) is 34.0 Å². The molecule has 0 spiro atoms. The molecule has 1 aliphatic rings. The molecule has 106 valence electrons. The SMILES string of the molecule is Cc1nc(C2CCCN(C(=O)c3ccc(C)s3)C2)no1. The third-order valence-corrected chi connectivity index (χ3v) is 4.56. The van der Waals surface area contributed by atoms with Crippen LogP contribution in [0.5, 0.6) is 0 Å². The molecule has 1 unspecified atom stereocenters. The lowest BCUT2D eigenvalue weighted by molar-refractivity contribution is 0.0708. The second-order valence-electron chi connectivity index (χ2n) is 5.17. The first-order valence-corrected chi connectivity index (χ1v) is 7.61. The van der Waals surface area contributed by atoms with Gasteiger partial charge in [0.2, 0.25) is 5.89 Å². The molecule has 1 aliphatic heterocycles. The Bertz CT molecular complexity index is 619. The Labute approximate surface area is 121 Å². The maximum atomic E-state index is 12.5. The van der Waals surface area contributed by atoms with Crippen LogP contribution in [0.15, 0.2) is 16.7 Å². The normalized spacial score (nSPS) is 19.3. The zero-order chi connectivity index (χ0) is 14.1. The minimum absolute atomic E-state index is 0.119. The zero-order valence-corrected chi connectivity index (χ0v) is 12.4. The standard InChI is InChI=1S/C14H17N3O2S/c1-9-5-6-12(20-9)14(18)17-7-3-4-11(8-17)13-15-10(2)19-16-13/h5-6,11H,3-4,7-8H2,1-2H3. The van der Waals surface area contributed by atoms with Crippen molar-refractivity contribution < 1.29 is 9.32 Å². The van der Waals surface area contributed by atoms with E-state index in [-0.39, 0.29) is 11.8 Å². The fourth-order valence-electron chi connectivity index (χ4n) is 2.56. The zero-order valence-electron chi connectivity index (χ0n) is 11.6. The molecule has 1 saturated heterocycles. The number of hydrogen-bond acceptors (Lipinski definition) is 5. The highest BCUT2D eigenvalue weighted by Gasteiger charge is 2.28. The monoisotopic (exact) mass is 291 g/mol. The predicted octanol–water partition coefficient (Wildman–Crippen LogP) is 2.77. The highest BCUT2D eigenvalue weighted by atomic mass is 32.1. The fourth-order valence-corrected chi connectivity index (χ4v) is 3.39. The second kappa shape index (κ2) is 5.36. The Balaban J connectivity index is 1.73. The van der Waals surface area contributed by atoms with E-state index in [9.17, 15) is 4.79 Å². The van der Waals surface area contributed by atoms with Crippen molar-refractivity contribution in [3.63, 3.8) is 0 Å². The molecule has 0 aromatic carbocycles. The van der Waals surface area contributed by atoms with E-state index in [1.54, 1.807) is 18.3 Å². The molecular weight excluding hydrogens is 274 g/mol. The molecule has 2 aromatic rings. The number of amides is 1. The minimum Gasteiger partial charge on any atom is -0.340 e. The molecule has 1 atom stereocenters. The number of aryl methyl sites for hydroxylation is 2. The van der Waals surface area contributed by atoms with Gasteiger partial charge in [-0.1, -0.05) is 5.16 Å². The summed E-state index contributed by atoms with van der Waals surface area (Å²) in [6, 6.07) is 3.90. The van der Waals surface area contributed by atoms with Crippen molar-refractivity contribution in [1.29, 1.82) is 0 Å². The minimum atomic E-state index is 0.119. The van der Waals surface area contributed by atoms with Crippen LogP contribution >= 0.6 is 11.3 Å². The summed E-state index contributed by atoms with van der Waals surface area (Å²) in [7, 11) is 0. The first kappa shape index (κ1) is 13.3. The van der Waals surface area contributed by atoms with Gasteiger partial charge in [0.1, 0.15) is 0 Å². The van der Waals surface area contributed by atoms with E-state index in [4.69, 9.17) is 4.52 Å². The van der Waals surface area contributed by atoms with Crippen molar-refractivity contribution in [2.45, 2.75) is 32.6 Å². The summed E-state index contributed by atoms with van der Waals surface area (Å²) >= 11 is 1.55. The van der Waals surface area contributed by atoms with Crippen LogP contribution in [0.1, 0.15) is 45.0 Å². The molecule has 0 bridgehead atoms. The number of carbonyl (C=O) groups is 1. The van der Waals surface area contributed by atoms with E-state index in [1.165, 1.54) is 0 Å². The number of piperidine rings is 1. The largest absolute Gasteiger partial charge is 0.340 e. The van der Waals surface area contributed by atoms with E-state index >= 15 is 0 Å². The molecule has 3 rings (SSSR count). The number of nitrogens with zero attached hydrogens (tertiary/aromatic N) is 3. The van der Waals surface area contributed by atoms with Crippen LogP contribution in [-0.2, 0) is 0 Å². The van der Waals surface area contributed by atoms with Crippen molar-refractivity contribution >= 4 is 17.2 Å². The van der Waals surface area contributed by atoms with Gasteiger partial charge in [0.05, 0.1) is 4.88 Å². The van der Waals surface area contributed by atoms with Crippen molar-refractivity contribution in [1.82, 2.24) is 15.0 Å². The van der Waals surface area contributed by atoms with Gasteiger partial charge in [-0.05, 0) is 31.9 Å². The fraction of sp³-hybridized carbons (Fsp3) is 0.500. The average Bonchev–Trinajstić information content (AvgIpc) is 3.07. The maximum Gasteiger partial charge on any atom is 0.263 e. The molecule has 0 radical (unpaired) electrons. The van der Waals surface area contributed by atoms with Crippen LogP contribution in [0, 0.1) is 13.8 Å². The van der Waals surface area contributed by atoms with Crippen molar-refractivity contribution in [2.75, 3.05) is 13.1 Å². The molecule has 3 heterocycles. The van der Waals surface area contributed by atoms with Gasteiger partial charge in [0, 0.05) is 30.8 Å². The molecule has 6 heteroatoms. The van der Waals surface area contributed by atoms with Crippen LogP contribution in [0.2, 0.25) is 0 Å². The second-order valence-corrected chi connectivity index (χ2v) is 6.46. The number of likely N-dealkylation sites (tertiary alicyclic amines) is 1. The van der Waals surface area contributed by atoms with E-state index in [0.29, 0.717) is 12.4 Å². The van der Waals surface area contributed by atoms with Gasteiger partial charge in [-0.15, -0.1) is 11.3 Å². The van der Waals surface area contributed by atoms with Crippen molar-refractivity contribution in [3.05, 3.63) is 33.6 Å². The highest BCUT2D eigenvalue weighted by Crippen LogP contribution is 2.27. The van der Waals surface area contributed by atoms with E-state index in [0.717, 1.165) is 35.0 Å². The Morgan fingerprint density at radius 1 is 1.45 bits per heavy atom. The van der Waals surface area contributed by atoms with Crippen LogP contribution in [0.25, 0.3) is 0 Å². The maximum absolute atomic E-state index is 12.5. The molecular formula is C14H17N3O2S. The van der Waals surface area contributed by atoms with Crippen LogP contribution < -0.4 is 0 Å². The average molecular weight is 291 g/mol. The molecule has 5 nitrogen and oxygen atoms in total. The number of aromatic nitrogens is 2. The molecule has 2 aromatic heterocycles. The van der Waals surface area contributed by atoms with Crippen LogP contribution in [0.4, 0.5) is 0 Å². The van der Waals surface area contributed by atoms with Gasteiger partial charge < -0.3 is 9.42 Å². The smallest absolute Gasteiger partial charge is 0.263 e. The van der Waals surface area contributed by atoms with Crippen LogP contribution in [0.3, 0.4) is 0 Å². The molecule has 20 heavy (non-hydrogen) atoms. The topological polar surface area (TPSA) is 59.2 Å². The molecule has 1 fully saturated rings. The number of thiophene rings is 1. The lowest BCUT2D eigenvalue weighted by Gasteiger charge is -2.30. The molecule has 0 saturated carbocycles.